The Balaban J connectivity index is 2.36. The minimum Gasteiger partial charge on any atom is -0.271 e. The molecule has 0 bridgehead atoms. The fraction of sp³-hybridized carbons (Fsp3) is 0.429. The van der Waals surface area contributed by atoms with E-state index in [1.54, 1.807) is 0 Å². The largest absolute Gasteiger partial charge is 0.271 e. The third kappa shape index (κ3) is 4.60. The van der Waals surface area contributed by atoms with E-state index in [-0.39, 0.29) is 0 Å². The molecule has 0 fully saturated rings. The van der Waals surface area contributed by atoms with Gasteiger partial charge in [-0.25, -0.2) is 0 Å². The van der Waals surface area contributed by atoms with Crippen molar-refractivity contribution in [1.82, 2.24) is 5.43 Å². The first kappa shape index (κ1) is 12.9. The molecule has 1 rings (SSSR count). The van der Waals surface area contributed by atoms with Crippen LogP contribution in [0.15, 0.2) is 36.9 Å². The second-order valence-electron chi connectivity index (χ2n) is 4.25. The first-order chi connectivity index (χ1) is 7.76. The molecule has 0 amide bonds. The first-order valence-corrected chi connectivity index (χ1v) is 5.89. The molecule has 0 aromatic heterocycles. The highest BCUT2D eigenvalue weighted by molar-refractivity contribution is 5.21. The summed E-state index contributed by atoms with van der Waals surface area (Å²) in [4.78, 5) is 0. The fourth-order valence-corrected chi connectivity index (χ4v) is 1.73. The summed E-state index contributed by atoms with van der Waals surface area (Å²) in [5, 5.41) is 0. The topological polar surface area (TPSA) is 38.0 Å². The number of rotatable bonds is 7. The molecule has 88 valence electrons. The normalized spacial score (nSPS) is 12.4. The van der Waals surface area contributed by atoms with Crippen LogP contribution in [0.4, 0.5) is 0 Å². The van der Waals surface area contributed by atoms with Crippen LogP contribution in [-0.2, 0) is 6.42 Å². The van der Waals surface area contributed by atoms with Crippen molar-refractivity contribution in [3.8, 4) is 0 Å². The summed E-state index contributed by atoms with van der Waals surface area (Å²) in [5.74, 6) is 5.52. The molecule has 2 nitrogen and oxygen atoms in total. The molecule has 0 aliphatic carbocycles. The fourth-order valence-electron chi connectivity index (χ4n) is 1.73. The Labute approximate surface area is 98.5 Å². The smallest absolute Gasteiger partial charge is 0.0216 e. The van der Waals surface area contributed by atoms with E-state index in [0.717, 1.165) is 25.7 Å². The number of hydrogen-bond acceptors (Lipinski definition) is 2. The molecule has 0 aliphatic heterocycles. The predicted molar refractivity (Wildman–Crippen MR) is 70.0 cm³/mol. The molecule has 16 heavy (non-hydrogen) atoms. The standard InChI is InChI=1S/C14H22N2/c1-3-4-5-14(16-15)11-10-13-8-6-12(2)7-9-13/h3,6-9,14,16H,1,4-5,10-11,15H2,2H3. The van der Waals surface area contributed by atoms with E-state index in [1.807, 2.05) is 6.08 Å². The highest BCUT2D eigenvalue weighted by Crippen LogP contribution is 2.09. The lowest BCUT2D eigenvalue weighted by molar-refractivity contribution is 0.467. The van der Waals surface area contributed by atoms with Gasteiger partial charge in [0.2, 0.25) is 0 Å². The maximum atomic E-state index is 5.52. The van der Waals surface area contributed by atoms with Gasteiger partial charge in [0, 0.05) is 6.04 Å². The molecule has 0 heterocycles. The van der Waals surface area contributed by atoms with Crippen LogP contribution in [0, 0.1) is 6.92 Å². The van der Waals surface area contributed by atoms with Gasteiger partial charge in [0.25, 0.3) is 0 Å². The van der Waals surface area contributed by atoms with Crippen molar-refractivity contribution in [3.05, 3.63) is 48.0 Å². The zero-order valence-corrected chi connectivity index (χ0v) is 10.1. The van der Waals surface area contributed by atoms with Gasteiger partial charge in [-0.3, -0.25) is 11.3 Å². The van der Waals surface area contributed by atoms with Gasteiger partial charge < -0.3 is 0 Å². The van der Waals surface area contributed by atoms with Gasteiger partial charge in [0.1, 0.15) is 0 Å². The monoisotopic (exact) mass is 218 g/mol. The van der Waals surface area contributed by atoms with Gasteiger partial charge in [0.05, 0.1) is 0 Å². The van der Waals surface area contributed by atoms with E-state index >= 15 is 0 Å². The summed E-state index contributed by atoms with van der Waals surface area (Å²) in [6, 6.07) is 9.08. The maximum Gasteiger partial charge on any atom is 0.0216 e. The summed E-state index contributed by atoms with van der Waals surface area (Å²) in [7, 11) is 0. The minimum atomic E-state index is 0.388. The molecule has 0 spiro atoms. The van der Waals surface area contributed by atoms with E-state index in [2.05, 4.69) is 43.2 Å². The molecule has 1 aromatic rings. The summed E-state index contributed by atoms with van der Waals surface area (Å²) < 4.78 is 0. The van der Waals surface area contributed by atoms with Gasteiger partial charge in [-0.1, -0.05) is 35.9 Å². The molecule has 2 heteroatoms. The Kier molecular flexibility index (Phi) is 5.83. The van der Waals surface area contributed by atoms with Gasteiger partial charge in [-0.05, 0) is 38.2 Å². The number of nitrogens with one attached hydrogen (secondary N) is 1. The van der Waals surface area contributed by atoms with E-state index in [4.69, 9.17) is 5.84 Å². The van der Waals surface area contributed by atoms with E-state index in [9.17, 15) is 0 Å². The average molecular weight is 218 g/mol. The lowest BCUT2D eigenvalue weighted by Gasteiger charge is -2.14. The second kappa shape index (κ2) is 7.20. The summed E-state index contributed by atoms with van der Waals surface area (Å²) in [5.41, 5.74) is 5.56. The van der Waals surface area contributed by atoms with Crippen molar-refractivity contribution in [1.29, 1.82) is 0 Å². The minimum absolute atomic E-state index is 0.388. The molecular weight excluding hydrogens is 196 g/mol. The zero-order chi connectivity index (χ0) is 11.8. The first-order valence-electron chi connectivity index (χ1n) is 5.89. The number of nitrogens with two attached hydrogens (primary N) is 1. The molecule has 0 radical (unpaired) electrons. The predicted octanol–water partition coefficient (Wildman–Crippen LogP) is 2.73. The van der Waals surface area contributed by atoms with Crippen LogP contribution in [0.3, 0.4) is 0 Å². The van der Waals surface area contributed by atoms with Crippen LogP contribution in [0.2, 0.25) is 0 Å². The molecule has 0 saturated carbocycles. The maximum absolute atomic E-state index is 5.52. The molecule has 1 aromatic carbocycles. The zero-order valence-electron chi connectivity index (χ0n) is 10.1. The number of aryl methyl sites for hydroxylation is 2. The Morgan fingerprint density at radius 2 is 2.00 bits per heavy atom. The molecule has 0 saturated heterocycles. The van der Waals surface area contributed by atoms with Gasteiger partial charge in [-0.2, -0.15) is 0 Å². The Morgan fingerprint density at radius 1 is 1.31 bits per heavy atom. The van der Waals surface area contributed by atoms with Crippen molar-refractivity contribution < 1.29 is 0 Å². The van der Waals surface area contributed by atoms with Crippen molar-refractivity contribution in [3.63, 3.8) is 0 Å². The van der Waals surface area contributed by atoms with Gasteiger partial charge in [-0.15, -0.1) is 6.58 Å². The van der Waals surface area contributed by atoms with Crippen molar-refractivity contribution in [2.45, 2.75) is 38.6 Å². The third-order valence-electron chi connectivity index (χ3n) is 2.86. The molecule has 0 aliphatic rings. The Morgan fingerprint density at radius 3 is 2.56 bits per heavy atom. The SMILES string of the molecule is C=CCCC(CCc1ccc(C)cc1)NN. The van der Waals surface area contributed by atoms with Gasteiger partial charge >= 0.3 is 0 Å². The molecule has 3 N–H and O–H groups in total. The van der Waals surface area contributed by atoms with Gasteiger partial charge in [0.15, 0.2) is 0 Å². The molecule has 1 unspecified atom stereocenters. The highest BCUT2D eigenvalue weighted by Gasteiger charge is 2.05. The Hall–Kier alpha value is -1.12. The number of hydrazine groups is 1. The summed E-state index contributed by atoms with van der Waals surface area (Å²) in [6.45, 7) is 5.84. The molecule has 1 atom stereocenters. The van der Waals surface area contributed by atoms with Crippen LogP contribution >= 0.6 is 0 Å². The quantitative estimate of drug-likeness (QED) is 0.419. The summed E-state index contributed by atoms with van der Waals surface area (Å²) in [6.07, 6.45) is 6.17. The van der Waals surface area contributed by atoms with Crippen LogP contribution in [0.5, 0.6) is 0 Å². The van der Waals surface area contributed by atoms with Crippen LogP contribution in [0.1, 0.15) is 30.4 Å². The van der Waals surface area contributed by atoms with E-state index in [1.165, 1.54) is 11.1 Å². The Bertz CT molecular complexity index is 303. The highest BCUT2D eigenvalue weighted by atomic mass is 15.2. The second-order valence-corrected chi connectivity index (χ2v) is 4.25. The van der Waals surface area contributed by atoms with Crippen molar-refractivity contribution in [2.75, 3.05) is 0 Å². The van der Waals surface area contributed by atoms with Crippen LogP contribution in [-0.4, -0.2) is 6.04 Å². The van der Waals surface area contributed by atoms with E-state index in [0.29, 0.717) is 6.04 Å². The van der Waals surface area contributed by atoms with E-state index < -0.39 is 0 Å². The lowest BCUT2D eigenvalue weighted by Crippen LogP contribution is -2.35. The van der Waals surface area contributed by atoms with Crippen molar-refractivity contribution >= 4 is 0 Å². The molecular formula is C14H22N2. The van der Waals surface area contributed by atoms with Crippen LogP contribution < -0.4 is 11.3 Å². The average Bonchev–Trinajstić information content (AvgIpc) is 2.32. The number of benzene rings is 1. The van der Waals surface area contributed by atoms with Crippen molar-refractivity contribution in [2.24, 2.45) is 5.84 Å². The van der Waals surface area contributed by atoms with Crippen LogP contribution in [0.25, 0.3) is 0 Å². The summed E-state index contributed by atoms with van der Waals surface area (Å²) >= 11 is 0. The lowest BCUT2D eigenvalue weighted by atomic mass is 10.0. The number of allylic oxidation sites excluding steroid dienone is 1. The third-order valence-corrected chi connectivity index (χ3v) is 2.86. The number of hydrogen-bond donors (Lipinski definition) is 2.